The number of alkyl halides is 5. The van der Waals surface area contributed by atoms with Gasteiger partial charge in [-0.3, -0.25) is 9.59 Å². The lowest BCUT2D eigenvalue weighted by molar-refractivity contribution is -0.144. The predicted octanol–water partition coefficient (Wildman–Crippen LogP) is 4.08. The number of hydrogen-bond donors (Lipinski definition) is 3. The summed E-state index contributed by atoms with van der Waals surface area (Å²) < 4.78 is 63.5. The molecule has 2 atom stereocenters. The molecule has 11 heteroatoms. The number of nitrogens with two attached hydrogens (primary N) is 1. The first-order valence-corrected chi connectivity index (χ1v) is 10.2. The van der Waals surface area contributed by atoms with Gasteiger partial charge in [-0.15, -0.1) is 0 Å². The fraction of sp³-hybridized carbons (Fsp3) is 0.650. The van der Waals surface area contributed by atoms with E-state index in [0.29, 0.717) is 12.0 Å². The maximum absolute atomic E-state index is 13.3. The average molecular weight is 450 g/mol. The van der Waals surface area contributed by atoms with Gasteiger partial charge in [-0.1, -0.05) is 6.92 Å². The second kappa shape index (κ2) is 10.3. The van der Waals surface area contributed by atoms with Crippen LogP contribution in [0.4, 0.5) is 27.8 Å². The standard InChI is InChI=1S/C20H27F5N4O2/c1-2-14(28-16(30)5-9-20(23,24)25)13-6-10-27-15(11-13)29-18(31)17(26)12-3-7-19(21,22)8-4-12/h6,10-12,14,17H,2-5,7-9,26H2,1H3,(H,28,30)(H,27,29,31)/t14?,17-/m1/s1. The van der Waals surface area contributed by atoms with Crippen LogP contribution in [-0.2, 0) is 9.59 Å². The Morgan fingerprint density at radius 2 is 1.94 bits per heavy atom. The number of aromatic nitrogens is 1. The number of pyridine rings is 1. The Hall–Kier alpha value is -2.30. The van der Waals surface area contributed by atoms with E-state index < -0.39 is 48.8 Å². The summed E-state index contributed by atoms with van der Waals surface area (Å²) >= 11 is 0. The number of anilines is 1. The molecule has 6 nitrogen and oxygen atoms in total. The molecule has 2 amide bonds. The van der Waals surface area contributed by atoms with Crippen molar-refractivity contribution in [2.24, 2.45) is 11.7 Å². The molecule has 1 aromatic heterocycles. The van der Waals surface area contributed by atoms with Crippen molar-refractivity contribution >= 4 is 17.6 Å². The summed E-state index contributed by atoms with van der Waals surface area (Å²) in [6.45, 7) is 1.75. The van der Waals surface area contributed by atoms with Crippen molar-refractivity contribution in [1.82, 2.24) is 10.3 Å². The van der Waals surface area contributed by atoms with Gasteiger partial charge < -0.3 is 16.4 Å². The Balaban J connectivity index is 1.96. The first-order chi connectivity index (χ1) is 14.4. The fourth-order valence-electron chi connectivity index (χ4n) is 3.52. The third kappa shape index (κ3) is 8.04. The van der Waals surface area contributed by atoms with E-state index in [1.165, 1.54) is 12.3 Å². The predicted molar refractivity (Wildman–Crippen MR) is 104 cm³/mol. The molecular weight excluding hydrogens is 423 g/mol. The summed E-state index contributed by atoms with van der Waals surface area (Å²) in [5.74, 6) is -4.21. The number of nitrogens with zero attached hydrogens (tertiary/aromatic N) is 1. The molecule has 2 rings (SSSR count). The van der Waals surface area contributed by atoms with Crippen molar-refractivity contribution < 1.29 is 31.5 Å². The van der Waals surface area contributed by atoms with Crippen LogP contribution in [0.5, 0.6) is 0 Å². The molecule has 1 heterocycles. The summed E-state index contributed by atoms with van der Waals surface area (Å²) in [5.41, 5.74) is 6.51. The van der Waals surface area contributed by atoms with E-state index in [0.717, 1.165) is 0 Å². The Morgan fingerprint density at radius 1 is 1.29 bits per heavy atom. The van der Waals surface area contributed by atoms with E-state index in [4.69, 9.17) is 5.73 Å². The molecule has 1 fully saturated rings. The Bertz CT molecular complexity index is 762. The van der Waals surface area contributed by atoms with Crippen LogP contribution in [0.25, 0.3) is 0 Å². The quantitative estimate of drug-likeness (QED) is 0.520. The summed E-state index contributed by atoms with van der Waals surface area (Å²) in [6.07, 6.45) is -4.82. The molecule has 31 heavy (non-hydrogen) atoms. The largest absolute Gasteiger partial charge is 0.389 e. The van der Waals surface area contributed by atoms with Gasteiger partial charge in [0, 0.05) is 25.5 Å². The molecule has 0 bridgehead atoms. The minimum absolute atomic E-state index is 0.150. The maximum atomic E-state index is 13.3. The van der Waals surface area contributed by atoms with Crippen molar-refractivity contribution in [2.75, 3.05) is 5.32 Å². The normalized spacial score (nSPS) is 18.8. The van der Waals surface area contributed by atoms with Crippen molar-refractivity contribution in [3.8, 4) is 0 Å². The van der Waals surface area contributed by atoms with E-state index in [1.807, 2.05) is 0 Å². The number of nitrogens with one attached hydrogen (secondary N) is 2. The first-order valence-electron chi connectivity index (χ1n) is 10.2. The minimum atomic E-state index is -4.42. The lowest BCUT2D eigenvalue weighted by atomic mass is 9.82. The number of rotatable bonds is 8. The van der Waals surface area contributed by atoms with E-state index in [2.05, 4.69) is 15.6 Å². The lowest BCUT2D eigenvalue weighted by Gasteiger charge is -2.31. The molecule has 1 unspecified atom stereocenters. The van der Waals surface area contributed by atoms with Crippen LogP contribution in [0.1, 0.15) is 63.5 Å². The highest BCUT2D eigenvalue weighted by Gasteiger charge is 2.38. The van der Waals surface area contributed by atoms with Gasteiger partial charge in [0.15, 0.2) is 0 Å². The van der Waals surface area contributed by atoms with Gasteiger partial charge in [0.1, 0.15) is 5.82 Å². The monoisotopic (exact) mass is 450 g/mol. The van der Waals surface area contributed by atoms with Crippen LogP contribution in [0.2, 0.25) is 0 Å². The molecular formula is C20H27F5N4O2. The van der Waals surface area contributed by atoms with Gasteiger partial charge in [-0.25, -0.2) is 13.8 Å². The number of carbonyl (C=O) groups is 2. The molecule has 4 N–H and O–H groups in total. The summed E-state index contributed by atoms with van der Waals surface area (Å²) in [6, 6.07) is 1.55. The summed E-state index contributed by atoms with van der Waals surface area (Å²) in [5, 5.41) is 5.10. The van der Waals surface area contributed by atoms with Gasteiger partial charge in [0.2, 0.25) is 17.7 Å². The second-order valence-corrected chi connectivity index (χ2v) is 7.83. The zero-order valence-corrected chi connectivity index (χ0v) is 17.1. The molecule has 1 aliphatic rings. The third-order valence-corrected chi connectivity index (χ3v) is 5.39. The number of carbonyl (C=O) groups excluding carboxylic acids is 2. The van der Waals surface area contributed by atoms with Crippen LogP contribution in [0.15, 0.2) is 18.3 Å². The van der Waals surface area contributed by atoms with Gasteiger partial charge in [-0.2, -0.15) is 13.2 Å². The summed E-state index contributed by atoms with van der Waals surface area (Å²) in [7, 11) is 0. The van der Waals surface area contributed by atoms with Crippen LogP contribution in [0.3, 0.4) is 0 Å². The van der Waals surface area contributed by atoms with Crippen molar-refractivity contribution in [3.63, 3.8) is 0 Å². The molecule has 0 aromatic carbocycles. The Kier molecular flexibility index (Phi) is 8.33. The van der Waals surface area contributed by atoms with E-state index in [-0.39, 0.29) is 37.4 Å². The van der Waals surface area contributed by atoms with Crippen LogP contribution in [-0.4, -0.2) is 34.9 Å². The third-order valence-electron chi connectivity index (χ3n) is 5.39. The molecule has 0 saturated heterocycles. The van der Waals surface area contributed by atoms with Crippen LogP contribution >= 0.6 is 0 Å². The number of hydrogen-bond acceptors (Lipinski definition) is 4. The highest BCUT2D eigenvalue weighted by Crippen LogP contribution is 2.37. The van der Waals surface area contributed by atoms with Gasteiger partial charge >= 0.3 is 6.18 Å². The van der Waals surface area contributed by atoms with Gasteiger partial charge in [0.05, 0.1) is 18.5 Å². The molecule has 174 valence electrons. The minimum Gasteiger partial charge on any atom is -0.349 e. The van der Waals surface area contributed by atoms with E-state index in [1.54, 1.807) is 13.0 Å². The Morgan fingerprint density at radius 3 is 2.52 bits per heavy atom. The topological polar surface area (TPSA) is 97.1 Å². The van der Waals surface area contributed by atoms with Crippen molar-refractivity contribution in [1.29, 1.82) is 0 Å². The van der Waals surface area contributed by atoms with Gasteiger partial charge in [0.25, 0.3) is 0 Å². The molecule has 0 spiro atoms. The highest BCUT2D eigenvalue weighted by molar-refractivity contribution is 5.94. The smallest absolute Gasteiger partial charge is 0.349 e. The molecule has 0 aliphatic heterocycles. The molecule has 1 aliphatic carbocycles. The summed E-state index contributed by atoms with van der Waals surface area (Å²) in [4.78, 5) is 28.3. The highest BCUT2D eigenvalue weighted by atomic mass is 19.4. The zero-order valence-electron chi connectivity index (χ0n) is 17.1. The zero-order chi connectivity index (χ0) is 23.2. The number of amides is 2. The lowest BCUT2D eigenvalue weighted by Crippen LogP contribution is -2.44. The van der Waals surface area contributed by atoms with Crippen LogP contribution in [0, 0.1) is 5.92 Å². The molecule has 0 radical (unpaired) electrons. The van der Waals surface area contributed by atoms with Crippen molar-refractivity contribution in [2.45, 2.75) is 76.1 Å². The Labute approximate surface area is 177 Å². The van der Waals surface area contributed by atoms with E-state index in [9.17, 15) is 31.5 Å². The van der Waals surface area contributed by atoms with Crippen molar-refractivity contribution in [3.05, 3.63) is 23.9 Å². The van der Waals surface area contributed by atoms with Gasteiger partial charge in [-0.05, 0) is 42.9 Å². The molecule has 1 saturated carbocycles. The first kappa shape index (κ1) is 25.0. The fourth-order valence-corrected chi connectivity index (χ4v) is 3.52. The average Bonchev–Trinajstić information content (AvgIpc) is 2.69. The number of halogens is 5. The maximum Gasteiger partial charge on any atom is 0.389 e. The molecule has 1 aromatic rings. The SMILES string of the molecule is CCC(NC(=O)CCC(F)(F)F)c1ccnc(NC(=O)[C@H](N)C2CCC(F)(F)CC2)c1. The second-order valence-electron chi connectivity index (χ2n) is 7.83. The van der Waals surface area contributed by atoms with E-state index >= 15 is 0 Å². The van der Waals surface area contributed by atoms with Crippen LogP contribution < -0.4 is 16.4 Å².